The molecule has 0 aliphatic rings. The van der Waals surface area contributed by atoms with Crippen LogP contribution in [-0.4, -0.2) is 15.6 Å². The molecule has 0 fully saturated rings. The number of aromatic carboxylic acids is 1. The van der Waals surface area contributed by atoms with Crippen LogP contribution in [0.15, 0.2) is 146 Å². The molecule has 8 rings (SSSR count). The van der Waals surface area contributed by atoms with Crippen molar-refractivity contribution in [2.75, 3.05) is 0 Å². The fourth-order valence-corrected chi connectivity index (χ4v) is 6.59. The van der Waals surface area contributed by atoms with Gasteiger partial charge < -0.3 is 9.67 Å². The van der Waals surface area contributed by atoms with Gasteiger partial charge in [-0.1, -0.05) is 121 Å². The van der Waals surface area contributed by atoms with Gasteiger partial charge in [-0.15, -0.1) is 0 Å². The molecule has 0 amide bonds. The van der Waals surface area contributed by atoms with Gasteiger partial charge in [-0.25, -0.2) is 4.79 Å². The summed E-state index contributed by atoms with van der Waals surface area (Å²) in [6.07, 6.45) is 0. The zero-order chi connectivity index (χ0) is 28.2. The molecule has 1 heterocycles. The molecule has 0 atom stereocenters. The van der Waals surface area contributed by atoms with Crippen molar-refractivity contribution >= 4 is 49.3 Å². The van der Waals surface area contributed by atoms with Gasteiger partial charge in [-0.2, -0.15) is 0 Å². The van der Waals surface area contributed by atoms with E-state index in [1.807, 2.05) is 24.3 Å². The molecule has 42 heavy (non-hydrogen) atoms. The number of carboxylic acids is 1. The van der Waals surface area contributed by atoms with Crippen LogP contribution in [-0.2, 0) is 0 Å². The van der Waals surface area contributed by atoms with E-state index >= 15 is 0 Å². The van der Waals surface area contributed by atoms with E-state index in [2.05, 4.69) is 120 Å². The zero-order valence-corrected chi connectivity index (χ0v) is 22.7. The highest BCUT2D eigenvalue weighted by Gasteiger charge is 2.20. The molecule has 0 saturated carbocycles. The van der Waals surface area contributed by atoms with Crippen LogP contribution in [0.1, 0.15) is 10.4 Å². The molecule has 0 aliphatic carbocycles. The summed E-state index contributed by atoms with van der Waals surface area (Å²) in [4.78, 5) is 12.3. The summed E-state index contributed by atoms with van der Waals surface area (Å²) < 4.78 is 2.08. The minimum absolute atomic E-state index is 0.293. The average Bonchev–Trinajstić information content (AvgIpc) is 3.38. The number of benzene rings is 7. The van der Waals surface area contributed by atoms with Gasteiger partial charge >= 0.3 is 5.97 Å². The van der Waals surface area contributed by atoms with Crippen LogP contribution in [0.4, 0.5) is 0 Å². The lowest BCUT2D eigenvalue weighted by molar-refractivity contribution is 0.0698. The first-order chi connectivity index (χ1) is 20.7. The first kappa shape index (κ1) is 24.2. The topological polar surface area (TPSA) is 42.2 Å². The van der Waals surface area contributed by atoms with E-state index in [0.717, 1.165) is 27.5 Å². The van der Waals surface area contributed by atoms with E-state index < -0.39 is 5.97 Å². The monoisotopic (exact) mass is 539 g/mol. The number of nitrogens with zero attached hydrogens (tertiary/aromatic N) is 1. The zero-order valence-electron chi connectivity index (χ0n) is 22.7. The third kappa shape index (κ3) is 3.57. The van der Waals surface area contributed by atoms with Gasteiger partial charge in [0, 0.05) is 16.5 Å². The highest BCUT2D eigenvalue weighted by atomic mass is 16.4. The Kier molecular flexibility index (Phi) is 5.44. The molecule has 0 saturated heterocycles. The van der Waals surface area contributed by atoms with E-state index in [0.29, 0.717) is 11.1 Å². The van der Waals surface area contributed by atoms with E-state index in [1.54, 1.807) is 6.07 Å². The fourth-order valence-electron chi connectivity index (χ4n) is 6.59. The Hall–Kier alpha value is -5.67. The van der Waals surface area contributed by atoms with E-state index in [-0.39, 0.29) is 0 Å². The van der Waals surface area contributed by atoms with Gasteiger partial charge in [0.05, 0.1) is 16.6 Å². The molecule has 0 bridgehead atoms. The predicted molar refractivity (Wildman–Crippen MR) is 174 cm³/mol. The number of rotatable bonds is 4. The van der Waals surface area contributed by atoms with Crippen molar-refractivity contribution in [2.24, 2.45) is 0 Å². The Balaban J connectivity index is 1.39. The third-order valence-corrected chi connectivity index (χ3v) is 8.33. The molecule has 1 aromatic heterocycles. The molecular formula is C39H25NO2. The lowest BCUT2D eigenvalue weighted by Crippen LogP contribution is -2.02. The van der Waals surface area contributed by atoms with Crippen LogP contribution in [0.3, 0.4) is 0 Å². The number of fused-ring (bicyclic) bond motifs is 5. The van der Waals surface area contributed by atoms with Crippen molar-refractivity contribution in [1.82, 2.24) is 4.57 Å². The molecule has 0 unspecified atom stereocenters. The van der Waals surface area contributed by atoms with E-state index in [9.17, 15) is 9.90 Å². The first-order valence-corrected chi connectivity index (χ1v) is 14.1. The van der Waals surface area contributed by atoms with Gasteiger partial charge in [-0.05, 0) is 68.1 Å². The second-order valence-electron chi connectivity index (χ2n) is 10.6. The second kappa shape index (κ2) is 9.46. The third-order valence-electron chi connectivity index (χ3n) is 8.33. The lowest BCUT2D eigenvalue weighted by Gasteiger charge is -2.18. The van der Waals surface area contributed by atoms with Crippen molar-refractivity contribution in [3.63, 3.8) is 0 Å². The molecule has 3 heteroatoms. The highest BCUT2D eigenvalue weighted by molar-refractivity contribution is 6.21. The van der Waals surface area contributed by atoms with Crippen LogP contribution in [0.2, 0.25) is 0 Å². The number of hydrogen-bond acceptors (Lipinski definition) is 1. The summed E-state index contributed by atoms with van der Waals surface area (Å²) in [6.45, 7) is 0. The Morgan fingerprint density at radius 1 is 0.452 bits per heavy atom. The van der Waals surface area contributed by atoms with E-state index in [4.69, 9.17) is 0 Å². The lowest BCUT2D eigenvalue weighted by atomic mass is 9.86. The minimum Gasteiger partial charge on any atom is -0.478 e. The number of carbonyl (C=O) groups is 1. The summed E-state index contributed by atoms with van der Waals surface area (Å²) in [6, 6.07) is 50.0. The van der Waals surface area contributed by atoms with Gasteiger partial charge in [0.25, 0.3) is 0 Å². The maximum atomic E-state index is 12.3. The Morgan fingerprint density at radius 3 is 1.50 bits per heavy atom. The number of aromatic nitrogens is 1. The minimum atomic E-state index is -0.933. The van der Waals surface area contributed by atoms with Crippen molar-refractivity contribution in [1.29, 1.82) is 0 Å². The van der Waals surface area contributed by atoms with Crippen LogP contribution < -0.4 is 0 Å². The standard InChI is InChI=1S/C39H25NO2/c41-39(42)34-19-10-18-33-28-13-8-9-20-35(28)40(38(33)34)27-23-21-26(22-24-27)37-31-16-6-4-14-29(31)36(25-11-2-1-3-12-25)30-15-5-7-17-32(30)37/h1-24H,(H,41,42). The predicted octanol–water partition coefficient (Wildman–Crippen LogP) is 10.1. The molecule has 8 aromatic rings. The van der Waals surface area contributed by atoms with Gasteiger partial charge in [0.2, 0.25) is 0 Å². The van der Waals surface area contributed by atoms with Gasteiger partial charge in [0.1, 0.15) is 0 Å². The molecule has 1 N–H and O–H groups in total. The van der Waals surface area contributed by atoms with Crippen LogP contribution in [0, 0.1) is 0 Å². The Morgan fingerprint density at radius 2 is 0.929 bits per heavy atom. The molecule has 0 radical (unpaired) electrons. The summed E-state index contributed by atoms with van der Waals surface area (Å²) in [7, 11) is 0. The SMILES string of the molecule is O=C(O)c1cccc2c3ccccc3n(-c3ccc(-c4c5ccccc5c(-c5ccccc5)c5ccccc45)cc3)c12. The highest BCUT2D eigenvalue weighted by Crippen LogP contribution is 2.44. The molecule has 0 aliphatic heterocycles. The first-order valence-electron chi connectivity index (χ1n) is 14.1. The van der Waals surface area contributed by atoms with Crippen LogP contribution >= 0.6 is 0 Å². The maximum absolute atomic E-state index is 12.3. The largest absolute Gasteiger partial charge is 0.478 e. The Labute approximate surface area is 242 Å². The van der Waals surface area contributed by atoms with Gasteiger partial charge in [-0.3, -0.25) is 0 Å². The molecule has 3 nitrogen and oxygen atoms in total. The molecule has 0 spiro atoms. The van der Waals surface area contributed by atoms with Crippen LogP contribution in [0.25, 0.3) is 71.3 Å². The van der Waals surface area contributed by atoms with Gasteiger partial charge in [0.15, 0.2) is 0 Å². The summed E-state index contributed by atoms with van der Waals surface area (Å²) in [5, 5.41) is 16.9. The summed E-state index contributed by atoms with van der Waals surface area (Å²) >= 11 is 0. The second-order valence-corrected chi connectivity index (χ2v) is 10.6. The smallest absolute Gasteiger partial charge is 0.337 e. The average molecular weight is 540 g/mol. The van der Waals surface area contributed by atoms with E-state index in [1.165, 1.54) is 38.2 Å². The molecule has 7 aromatic carbocycles. The normalized spacial score (nSPS) is 11.5. The number of carboxylic acid groups (broad SMARTS) is 1. The fraction of sp³-hybridized carbons (Fsp3) is 0. The summed E-state index contributed by atoms with van der Waals surface area (Å²) in [5.74, 6) is -0.933. The maximum Gasteiger partial charge on any atom is 0.337 e. The molecule has 198 valence electrons. The summed E-state index contributed by atoms with van der Waals surface area (Å²) in [5.41, 5.74) is 7.67. The van der Waals surface area contributed by atoms with Crippen molar-refractivity contribution in [2.45, 2.75) is 0 Å². The number of para-hydroxylation sites is 2. The van der Waals surface area contributed by atoms with Crippen molar-refractivity contribution in [3.8, 4) is 27.9 Å². The van der Waals surface area contributed by atoms with Crippen molar-refractivity contribution in [3.05, 3.63) is 151 Å². The quantitative estimate of drug-likeness (QED) is 0.226. The Bertz CT molecular complexity index is 2260. The number of hydrogen-bond donors (Lipinski definition) is 1. The van der Waals surface area contributed by atoms with Crippen LogP contribution in [0.5, 0.6) is 0 Å². The molecular weight excluding hydrogens is 514 g/mol. The van der Waals surface area contributed by atoms with Crippen molar-refractivity contribution < 1.29 is 9.90 Å².